The molecule has 1 unspecified atom stereocenters. The molecule has 0 saturated heterocycles. The summed E-state index contributed by atoms with van der Waals surface area (Å²) in [5, 5.41) is 11.7. The van der Waals surface area contributed by atoms with Crippen molar-refractivity contribution < 1.29 is 18.3 Å². The van der Waals surface area contributed by atoms with E-state index in [-0.39, 0.29) is 17.0 Å². The summed E-state index contributed by atoms with van der Waals surface area (Å²) in [6.45, 7) is 1.93. The van der Waals surface area contributed by atoms with E-state index in [9.17, 15) is 13.2 Å². The average molecular weight is 523 g/mol. The molecule has 0 aliphatic heterocycles. The summed E-state index contributed by atoms with van der Waals surface area (Å²) in [6, 6.07) is 17.7. The highest BCUT2D eigenvalue weighted by Crippen LogP contribution is 2.47. The van der Waals surface area contributed by atoms with Crippen LogP contribution in [-0.4, -0.2) is 36.0 Å². The summed E-state index contributed by atoms with van der Waals surface area (Å²) >= 11 is 0. The van der Waals surface area contributed by atoms with Crippen molar-refractivity contribution in [1.29, 1.82) is 0 Å². The molecule has 1 saturated carbocycles. The Balaban J connectivity index is 1.60. The maximum atomic E-state index is 13.1. The number of carboxylic acid groups (broad SMARTS) is 1. The van der Waals surface area contributed by atoms with Crippen LogP contribution in [0.2, 0.25) is 0 Å². The number of nitrogens with one attached hydrogen (secondary N) is 2. The number of benzene rings is 1. The van der Waals surface area contributed by atoms with E-state index in [4.69, 9.17) is 5.11 Å². The first-order valence-electron chi connectivity index (χ1n) is 12.8. The van der Waals surface area contributed by atoms with Gasteiger partial charge in [-0.05, 0) is 66.5 Å². The van der Waals surface area contributed by atoms with E-state index in [2.05, 4.69) is 51.2 Å². The molecular formula is C28H34N4O4S. The first kappa shape index (κ1) is 26.8. The topological polar surface area (TPSA) is 121 Å². The molecule has 0 radical (unpaired) electrons. The highest BCUT2D eigenvalue weighted by Gasteiger charge is 2.37. The molecule has 2 heterocycles. The first-order chi connectivity index (χ1) is 17.8. The smallest absolute Gasteiger partial charge is 0.322 e. The number of aromatic nitrogens is 2. The first-order valence-corrected chi connectivity index (χ1v) is 14.2. The molecule has 9 heteroatoms. The predicted molar refractivity (Wildman–Crippen MR) is 143 cm³/mol. The molecular weight excluding hydrogens is 488 g/mol. The Labute approximate surface area is 218 Å². The standard InChI is InChI=1S/C28H34N4O4S/c1-2-3-15-28(16-7-17-28)22-13-11-21(12-14-22)19-24(32-37(35,36)26-10-4-5-18-29-26)23-8-6-9-25(31-23)30-20-27(33)34/h4-6,8-14,18,24,32H,2-3,7,15-17,19-20H2,1H3,(H,30,31)(H,33,34). The fraction of sp³-hybridized carbons (Fsp3) is 0.393. The summed E-state index contributed by atoms with van der Waals surface area (Å²) in [5.74, 6) is -0.650. The molecule has 1 aromatic carbocycles. The van der Waals surface area contributed by atoms with Crippen molar-refractivity contribution in [3.05, 3.63) is 83.7 Å². The molecule has 3 aromatic rings. The molecule has 37 heavy (non-hydrogen) atoms. The lowest BCUT2D eigenvalue weighted by Gasteiger charge is -2.43. The number of aliphatic carboxylic acids is 1. The average Bonchev–Trinajstić information content (AvgIpc) is 2.88. The van der Waals surface area contributed by atoms with E-state index in [1.165, 1.54) is 56.4 Å². The monoisotopic (exact) mass is 522 g/mol. The van der Waals surface area contributed by atoms with Crippen LogP contribution in [0.5, 0.6) is 0 Å². The van der Waals surface area contributed by atoms with Gasteiger partial charge in [-0.25, -0.2) is 23.1 Å². The number of rotatable bonds is 13. The number of pyridine rings is 2. The Kier molecular flexibility index (Phi) is 8.56. The number of anilines is 1. The van der Waals surface area contributed by atoms with Crippen molar-refractivity contribution in [3.63, 3.8) is 0 Å². The Hall–Kier alpha value is -3.30. The number of carboxylic acids is 1. The third-order valence-corrected chi connectivity index (χ3v) is 8.47. The van der Waals surface area contributed by atoms with Crippen LogP contribution in [0.25, 0.3) is 0 Å². The van der Waals surface area contributed by atoms with Gasteiger partial charge in [0.2, 0.25) is 0 Å². The van der Waals surface area contributed by atoms with Gasteiger partial charge < -0.3 is 10.4 Å². The van der Waals surface area contributed by atoms with Crippen LogP contribution in [0, 0.1) is 0 Å². The Bertz CT molecular complexity index is 1290. The molecule has 0 spiro atoms. The van der Waals surface area contributed by atoms with E-state index in [0.717, 1.165) is 5.56 Å². The fourth-order valence-electron chi connectivity index (χ4n) is 4.90. The van der Waals surface area contributed by atoms with Gasteiger partial charge in [0, 0.05) is 6.20 Å². The number of hydrogen-bond acceptors (Lipinski definition) is 6. The summed E-state index contributed by atoms with van der Waals surface area (Å²) in [7, 11) is -3.92. The van der Waals surface area contributed by atoms with Gasteiger partial charge in [-0.3, -0.25) is 4.79 Å². The normalized spacial score (nSPS) is 15.5. The van der Waals surface area contributed by atoms with Gasteiger partial charge in [0.25, 0.3) is 10.0 Å². The molecule has 8 nitrogen and oxygen atoms in total. The van der Waals surface area contributed by atoms with Crippen molar-refractivity contribution in [2.45, 2.75) is 68.4 Å². The second-order valence-corrected chi connectivity index (χ2v) is 11.3. The third kappa shape index (κ3) is 6.72. The summed E-state index contributed by atoms with van der Waals surface area (Å²) in [6.07, 6.45) is 9.13. The van der Waals surface area contributed by atoms with E-state index in [0.29, 0.717) is 17.9 Å². The molecule has 1 atom stereocenters. The number of carbonyl (C=O) groups is 1. The van der Waals surface area contributed by atoms with Gasteiger partial charge in [-0.15, -0.1) is 0 Å². The van der Waals surface area contributed by atoms with E-state index < -0.39 is 22.0 Å². The molecule has 4 rings (SSSR count). The van der Waals surface area contributed by atoms with Gasteiger partial charge in [0.1, 0.15) is 12.4 Å². The number of hydrogen-bond donors (Lipinski definition) is 3. The van der Waals surface area contributed by atoms with Gasteiger partial charge in [0.05, 0.1) is 11.7 Å². The van der Waals surface area contributed by atoms with Crippen molar-refractivity contribution in [1.82, 2.24) is 14.7 Å². The van der Waals surface area contributed by atoms with Crippen LogP contribution in [0.1, 0.15) is 68.3 Å². The zero-order chi connectivity index (χ0) is 26.3. The Morgan fingerprint density at radius 2 is 1.86 bits per heavy atom. The third-order valence-electron chi connectivity index (χ3n) is 7.08. The predicted octanol–water partition coefficient (Wildman–Crippen LogP) is 4.85. The highest BCUT2D eigenvalue weighted by molar-refractivity contribution is 7.89. The van der Waals surface area contributed by atoms with E-state index in [1.807, 2.05) is 0 Å². The molecule has 0 bridgehead atoms. The van der Waals surface area contributed by atoms with Crippen molar-refractivity contribution >= 4 is 21.8 Å². The van der Waals surface area contributed by atoms with Crippen LogP contribution in [0.15, 0.2) is 71.9 Å². The number of unbranched alkanes of at least 4 members (excludes halogenated alkanes) is 1. The lowest BCUT2D eigenvalue weighted by molar-refractivity contribution is -0.134. The van der Waals surface area contributed by atoms with E-state index >= 15 is 0 Å². The van der Waals surface area contributed by atoms with Crippen LogP contribution in [0.4, 0.5) is 5.82 Å². The lowest BCUT2D eigenvalue weighted by atomic mass is 9.62. The minimum Gasteiger partial charge on any atom is -0.480 e. The van der Waals surface area contributed by atoms with Crippen LogP contribution >= 0.6 is 0 Å². The molecule has 196 valence electrons. The number of sulfonamides is 1. The van der Waals surface area contributed by atoms with Gasteiger partial charge in [-0.2, -0.15) is 0 Å². The second-order valence-electron chi connectivity index (χ2n) is 9.68. The Morgan fingerprint density at radius 3 is 2.49 bits per heavy atom. The van der Waals surface area contributed by atoms with Gasteiger partial charge in [0.15, 0.2) is 5.03 Å². The zero-order valence-corrected chi connectivity index (χ0v) is 21.9. The molecule has 1 aliphatic carbocycles. The van der Waals surface area contributed by atoms with Crippen LogP contribution < -0.4 is 10.0 Å². The Morgan fingerprint density at radius 1 is 1.08 bits per heavy atom. The molecule has 2 aromatic heterocycles. The maximum absolute atomic E-state index is 13.1. The highest BCUT2D eigenvalue weighted by atomic mass is 32.2. The quantitative estimate of drug-likeness (QED) is 0.293. The zero-order valence-electron chi connectivity index (χ0n) is 21.1. The van der Waals surface area contributed by atoms with Crippen molar-refractivity contribution in [2.75, 3.05) is 11.9 Å². The van der Waals surface area contributed by atoms with Gasteiger partial charge in [-0.1, -0.05) is 62.6 Å². The van der Waals surface area contributed by atoms with Gasteiger partial charge >= 0.3 is 5.97 Å². The largest absolute Gasteiger partial charge is 0.480 e. The minimum atomic E-state index is -3.92. The summed E-state index contributed by atoms with van der Waals surface area (Å²) in [5.41, 5.74) is 3.10. The maximum Gasteiger partial charge on any atom is 0.322 e. The molecule has 0 amide bonds. The van der Waals surface area contributed by atoms with Crippen molar-refractivity contribution in [2.24, 2.45) is 0 Å². The van der Waals surface area contributed by atoms with Crippen molar-refractivity contribution in [3.8, 4) is 0 Å². The SMILES string of the molecule is CCCCC1(c2ccc(CC(NS(=O)(=O)c3ccccn3)c3cccc(NCC(=O)O)n3)cc2)CCC1. The summed E-state index contributed by atoms with van der Waals surface area (Å²) in [4.78, 5) is 19.5. The van der Waals surface area contributed by atoms with Crippen LogP contribution in [-0.2, 0) is 26.7 Å². The molecule has 1 fully saturated rings. The molecule has 1 aliphatic rings. The minimum absolute atomic E-state index is 0.0710. The second kappa shape index (κ2) is 11.8. The summed E-state index contributed by atoms with van der Waals surface area (Å²) < 4.78 is 29.1. The molecule has 3 N–H and O–H groups in total. The lowest BCUT2D eigenvalue weighted by Crippen LogP contribution is -2.34. The number of nitrogens with zero attached hydrogens (tertiary/aromatic N) is 2. The van der Waals surface area contributed by atoms with Crippen LogP contribution in [0.3, 0.4) is 0 Å². The fourth-order valence-corrected chi connectivity index (χ4v) is 6.06. The van der Waals surface area contributed by atoms with E-state index in [1.54, 1.807) is 30.3 Å².